The summed E-state index contributed by atoms with van der Waals surface area (Å²) in [6.07, 6.45) is 4.24. The van der Waals surface area contributed by atoms with Crippen molar-refractivity contribution in [2.45, 2.75) is 51.5 Å². The Morgan fingerprint density at radius 1 is 1.17 bits per heavy atom. The van der Waals surface area contributed by atoms with Crippen molar-refractivity contribution in [1.29, 1.82) is 0 Å². The van der Waals surface area contributed by atoms with Crippen molar-refractivity contribution in [3.8, 4) is 11.3 Å². The number of anilines is 1. The van der Waals surface area contributed by atoms with E-state index in [0.29, 0.717) is 18.0 Å². The van der Waals surface area contributed by atoms with Gasteiger partial charge in [0, 0.05) is 18.0 Å². The smallest absolute Gasteiger partial charge is 0.313 e. The number of rotatable bonds is 4. The number of nitrogens with one attached hydrogen (secondary N) is 1. The third-order valence-electron chi connectivity index (χ3n) is 6.34. The van der Waals surface area contributed by atoms with Crippen molar-refractivity contribution < 1.29 is 14.4 Å². The highest BCUT2D eigenvalue weighted by Crippen LogP contribution is 2.39. The molecular formula is C22H26N4O3S. The molecule has 30 heavy (non-hydrogen) atoms. The molecule has 1 aliphatic carbocycles. The van der Waals surface area contributed by atoms with E-state index in [-0.39, 0.29) is 12.5 Å². The van der Waals surface area contributed by atoms with Crippen LogP contribution in [0, 0.1) is 13.8 Å². The van der Waals surface area contributed by atoms with Crippen molar-refractivity contribution in [1.82, 2.24) is 14.8 Å². The molecule has 1 saturated heterocycles. The molecule has 1 aromatic heterocycles. The third-order valence-corrected chi connectivity index (χ3v) is 7.10. The van der Waals surface area contributed by atoms with Crippen LogP contribution in [0.25, 0.3) is 11.3 Å². The van der Waals surface area contributed by atoms with Crippen molar-refractivity contribution in [2.24, 2.45) is 0 Å². The maximum Gasteiger partial charge on any atom is 0.327 e. The minimum atomic E-state index is -0.771. The molecule has 0 unspecified atom stereocenters. The van der Waals surface area contributed by atoms with Gasteiger partial charge in [-0.05, 0) is 43.9 Å². The van der Waals surface area contributed by atoms with Gasteiger partial charge in [0.15, 0.2) is 5.13 Å². The number of nitrogens with zero attached hydrogens (tertiary/aromatic N) is 3. The summed E-state index contributed by atoms with van der Waals surface area (Å²) in [5.41, 5.74) is 3.39. The Morgan fingerprint density at radius 3 is 2.60 bits per heavy atom. The molecule has 2 heterocycles. The molecule has 158 valence electrons. The van der Waals surface area contributed by atoms with Crippen LogP contribution < -0.4 is 5.32 Å². The summed E-state index contributed by atoms with van der Waals surface area (Å²) < 4.78 is 0. The summed E-state index contributed by atoms with van der Waals surface area (Å²) in [5.74, 6) is -0.668. The molecule has 2 fully saturated rings. The van der Waals surface area contributed by atoms with Crippen LogP contribution in [-0.2, 0) is 9.59 Å². The zero-order chi connectivity index (χ0) is 21.5. The Hall–Kier alpha value is -2.74. The lowest BCUT2D eigenvalue weighted by Gasteiger charge is -2.35. The van der Waals surface area contributed by atoms with Gasteiger partial charge in [-0.25, -0.2) is 9.78 Å². The van der Waals surface area contributed by atoms with Crippen LogP contribution in [0.2, 0.25) is 0 Å². The largest absolute Gasteiger partial charge is 0.327 e. The molecule has 0 atom stereocenters. The first-order chi connectivity index (χ1) is 14.3. The molecule has 1 saturated carbocycles. The highest BCUT2D eigenvalue weighted by atomic mass is 32.1. The van der Waals surface area contributed by atoms with E-state index >= 15 is 0 Å². The fraction of sp³-hybridized carbons (Fsp3) is 0.455. The molecule has 0 bridgehead atoms. The van der Waals surface area contributed by atoms with Gasteiger partial charge in [0.2, 0.25) is 5.91 Å². The molecule has 4 rings (SSSR count). The van der Waals surface area contributed by atoms with Gasteiger partial charge >= 0.3 is 6.03 Å². The van der Waals surface area contributed by atoms with Gasteiger partial charge in [0.05, 0.1) is 5.69 Å². The summed E-state index contributed by atoms with van der Waals surface area (Å²) in [4.78, 5) is 45.3. The molecule has 4 amide bonds. The highest BCUT2D eigenvalue weighted by molar-refractivity contribution is 7.14. The number of carbonyl (C=O) groups is 3. The molecule has 1 aromatic carbocycles. The number of amides is 4. The second-order valence-corrected chi connectivity index (χ2v) is 9.07. The van der Waals surface area contributed by atoms with E-state index in [9.17, 15) is 14.4 Å². The molecule has 8 heteroatoms. The Balaban J connectivity index is 1.44. The average Bonchev–Trinajstić information content (AvgIpc) is 3.26. The molecule has 2 aliphatic rings. The Labute approximate surface area is 180 Å². The number of aryl methyl sites for hydroxylation is 2. The van der Waals surface area contributed by atoms with Gasteiger partial charge < -0.3 is 10.2 Å². The Morgan fingerprint density at radius 2 is 1.90 bits per heavy atom. The van der Waals surface area contributed by atoms with Crippen LogP contribution in [0.15, 0.2) is 23.6 Å². The highest BCUT2D eigenvalue weighted by Gasteiger charge is 2.55. The number of urea groups is 1. The zero-order valence-electron chi connectivity index (χ0n) is 17.5. The summed E-state index contributed by atoms with van der Waals surface area (Å²) in [5, 5.41) is 5.07. The first kappa shape index (κ1) is 20.5. The van der Waals surface area contributed by atoms with E-state index in [4.69, 9.17) is 0 Å². The van der Waals surface area contributed by atoms with Crippen LogP contribution in [0.1, 0.15) is 43.2 Å². The minimum Gasteiger partial charge on any atom is -0.313 e. The fourth-order valence-corrected chi connectivity index (χ4v) is 5.07. The second kappa shape index (κ2) is 7.83. The maximum atomic E-state index is 13.0. The Bertz CT molecular complexity index is 1010. The lowest BCUT2D eigenvalue weighted by Crippen LogP contribution is -2.49. The molecule has 0 radical (unpaired) electrons. The van der Waals surface area contributed by atoms with E-state index in [2.05, 4.69) is 23.3 Å². The Kier molecular flexibility index (Phi) is 5.36. The first-order valence-electron chi connectivity index (χ1n) is 10.2. The lowest BCUT2D eigenvalue weighted by molar-refractivity contribution is -0.136. The summed E-state index contributed by atoms with van der Waals surface area (Å²) in [6, 6.07) is 5.72. The predicted octanol–water partition coefficient (Wildman–Crippen LogP) is 3.96. The van der Waals surface area contributed by atoms with Crippen LogP contribution in [-0.4, -0.2) is 51.8 Å². The van der Waals surface area contributed by atoms with Crippen molar-refractivity contribution in [2.75, 3.05) is 18.9 Å². The molecular weight excluding hydrogens is 400 g/mol. The van der Waals surface area contributed by atoms with Crippen molar-refractivity contribution >= 4 is 34.3 Å². The molecule has 1 aliphatic heterocycles. The molecule has 2 aromatic rings. The zero-order valence-corrected chi connectivity index (χ0v) is 18.3. The SMILES string of the molecule is Cc1ccc(-c2csc(NC(=O)CN3C(=O)N(C)C4(CCCCC4)C3=O)n2)cc1C. The van der Waals surface area contributed by atoms with Gasteiger partial charge in [-0.2, -0.15) is 0 Å². The first-order valence-corrected chi connectivity index (χ1v) is 11.1. The van der Waals surface area contributed by atoms with Crippen molar-refractivity contribution in [3.63, 3.8) is 0 Å². The fourth-order valence-electron chi connectivity index (χ4n) is 4.34. The number of carbonyl (C=O) groups excluding carboxylic acids is 3. The summed E-state index contributed by atoms with van der Waals surface area (Å²) in [6.45, 7) is 3.82. The summed E-state index contributed by atoms with van der Waals surface area (Å²) >= 11 is 1.32. The number of thiazole rings is 1. The normalized spacial score (nSPS) is 18.4. The van der Waals surface area contributed by atoms with Crippen LogP contribution in [0.4, 0.5) is 9.93 Å². The van der Waals surface area contributed by atoms with Gasteiger partial charge in [0.1, 0.15) is 12.1 Å². The minimum absolute atomic E-state index is 0.250. The number of aromatic nitrogens is 1. The van der Waals surface area contributed by atoms with E-state index in [1.54, 1.807) is 7.05 Å². The maximum absolute atomic E-state index is 13.0. The number of benzene rings is 1. The predicted molar refractivity (Wildman–Crippen MR) is 116 cm³/mol. The van der Waals surface area contributed by atoms with Crippen LogP contribution in [0.5, 0.6) is 0 Å². The van der Waals surface area contributed by atoms with E-state index in [1.165, 1.54) is 27.4 Å². The van der Waals surface area contributed by atoms with Crippen LogP contribution >= 0.6 is 11.3 Å². The number of imide groups is 1. The van der Waals surface area contributed by atoms with Gasteiger partial charge in [-0.15, -0.1) is 11.3 Å². The number of hydrogen-bond donors (Lipinski definition) is 1. The monoisotopic (exact) mass is 426 g/mol. The third kappa shape index (κ3) is 3.49. The summed E-state index contributed by atoms with van der Waals surface area (Å²) in [7, 11) is 1.67. The lowest BCUT2D eigenvalue weighted by atomic mass is 9.81. The molecule has 7 nitrogen and oxygen atoms in total. The second-order valence-electron chi connectivity index (χ2n) is 8.21. The van der Waals surface area contributed by atoms with Gasteiger partial charge in [-0.3, -0.25) is 14.5 Å². The molecule has 1 spiro atoms. The van der Waals surface area contributed by atoms with Crippen LogP contribution in [0.3, 0.4) is 0 Å². The quantitative estimate of drug-likeness (QED) is 0.750. The van der Waals surface area contributed by atoms with Crippen molar-refractivity contribution in [3.05, 3.63) is 34.7 Å². The van der Waals surface area contributed by atoms with E-state index in [0.717, 1.165) is 35.4 Å². The molecule has 1 N–H and O–H groups in total. The standard InChI is InChI=1S/C22H26N4O3S/c1-14-7-8-16(11-15(14)2)17-13-30-20(23-17)24-18(27)12-26-19(28)22(25(3)21(26)29)9-5-4-6-10-22/h7-8,11,13H,4-6,9-10,12H2,1-3H3,(H,23,24,27). The number of likely N-dealkylation sites (N-methyl/N-ethyl adjacent to an activating group) is 1. The number of hydrogen-bond acceptors (Lipinski definition) is 5. The van der Waals surface area contributed by atoms with E-state index < -0.39 is 17.5 Å². The van der Waals surface area contributed by atoms with Gasteiger partial charge in [0.25, 0.3) is 5.91 Å². The topological polar surface area (TPSA) is 82.6 Å². The van der Waals surface area contributed by atoms with Gasteiger partial charge in [-0.1, -0.05) is 31.4 Å². The average molecular weight is 427 g/mol. The van der Waals surface area contributed by atoms with E-state index in [1.807, 2.05) is 24.4 Å².